The summed E-state index contributed by atoms with van der Waals surface area (Å²) in [5.41, 5.74) is 0.627. The minimum Gasteiger partial charge on any atom is -0.457 e. The maximum absolute atomic E-state index is 12.4. The summed E-state index contributed by atoms with van der Waals surface area (Å²) in [6.45, 7) is 6.61. The number of hydrogen-bond donors (Lipinski definition) is 0. The number of furan rings is 1. The number of hydrogen-bond acceptors (Lipinski definition) is 4. The van der Waals surface area contributed by atoms with E-state index in [1.54, 1.807) is 12.3 Å². The van der Waals surface area contributed by atoms with Crippen molar-refractivity contribution in [1.29, 1.82) is 0 Å². The molecule has 3 heterocycles. The SMILES string of the molecule is O=C(c1ccoc1Br)N1CCC(CN2CCOCC2)CC1. The lowest BCUT2D eigenvalue weighted by atomic mass is 9.95. The molecular formula is C15H21BrN2O3. The highest BCUT2D eigenvalue weighted by atomic mass is 79.9. The first kappa shape index (κ1) is 15.1. The standard InChI is InChI=1S/C15H21BrN2O3/c16-14-13(3-8-21-14)15(19)18-4-1-12(2-5-18)11-17-6-9-20-10-7-17/h3,8,12H,1-2,4-7,9-11H2. The van der Waals surface area contributed by atoms with Crippen LogP contribution in [0.25, 0.3) is 0 Å². The molecule has 2 aliphatic rings. The molecule has 2 saturated heterocycles. The molecule has 2 fully saturated rings. The van der Waals surface area contributed by atoms with E-state index in [0.717, 1.165) is 58.8 Å². The van der Waals surface area contributed by atoms with Crippen LogP contribution in [-0.4, -0.2) is 61.6 Å². The van der Waals surface area contributed by atoms with Crippen molar-refractivity contribution < 1.29 is 13.9 Å². The Kier molecular flexibility index (Phi) is 4.98. The quantitative estimate of drug-likeness (QED) is 0.832. The summed E-state index contributed by atoms with van der Waals surface area (Å²) < 4.78 is 11.1. The van der Waals surface area contributed by atoms with Crippen molar-refractivity contribution in [3.8, 4) is 0 Å². The van der Waals surface area contributed by atoms with E-state index in [9.17, 15) is 4.79 Å². The number of ether oxygens (including phenoxy) is 1. The summed E-state index contributed by atoms with van der Waals surface area (Å²) in [4.78, 5) is 16.8. The zero-order valence-electron chi connectivity index (χ0n) is 12.1. The second kappa shape index (κ2) is 6.94. The van der Waals surface area contributed by atoms with Gasteiger partial charge in [0.2, 0.25) is 0 Å². The van der Waals surface area contributed by atoms with E-state index >= 15 is 0 Å². The van der Waals surface area contributed by atoms with Gasteiger partial charge in [-0.15, -0.1) is 0 Å². The Morgan fingerprint density at radius 3 is 2.57 bits per heavy atom. The van der Waals surface area contributed by atoms with Gasteiger partial charge >= 0.3 is 0 Å². The number of amides is 1. The van der Waals surface area contributed by atoms with Gasteiger partial charge in [-0.25, -0.2) is 0 Å². The second-order valence-electron chi connectivity index (χ2n) is 5.76. The van der Waals surface area contributed by atoms with Crippen LogP contribution in [-0.2, 0) is 4.74 Å². The number of halogens is 1. The molecule has 1 aromatic rings. The first-order valence-electron chi connectivity index (χ1n) is 7.56. The lowest BCUT2D eigenvalue weighted by molar-refractivity contribution is 0.0242. The van der Waals surface area contributed by atoms with Crippen molar-refractivity contribution in [1.82, 2.24) is 9.80 Å². The normalized spacial score (nSPS) is 21.7. The molecule has 116 valence electrons. The van der Waals surface area contributed by atoms with E-state index in [0.29, 0.717) is 16.2 Å². The van der Waals surface area contributed by atoms with Crippen molar-refractivity contribution in [3.63, 3.8) is 0 Å². The minimum atomic E-state index is 0.0699. The van der Waals surface area contributed by atoms with Crippen LogP contribution in [0.2, 0.25) is 0 Å². The van der Waals surface area contributed by atoms with Crippen molar-refractivity contribution in [2.24, 2.45) is 5.92 Å². The van der Waals surface area contributed by atoms with Gasteiger partial charge < -0.3 is 14.1 Å². The van der Waals surface area contributed by atoms with Gasteiger partial charge in [-0.3, -0.25) is 9.69 Å². The number of piperidine rings is 1. The molecule has 0 radical (unpaired) electrons. The van der Waals surface area contributed by atoms with Crippen LogP contribution in [0, 0.1) is 5.92 Å². The van der Waals surface area contributed by atoms with E-state index < -0.39 is 0 Å². The molecule has 3 rings (SSSR count). The van der Waals surface area contributed by atoms with Crippen LogP contribution in [0.15, 0.2) is 21.4 Å². The van der Waals surface area contributed by atoms with Crippen LogP contribution in [0.1, 0.15) is 23.2 Å². The number of likely N-dealkylation sites (tertiary alicyclic amines) is 1. The van der Waals surface area contributed by atoms with E-state index in [1.807, 2.05) is 4.90 Å². The summed E-state index contributed by atoms with van der Waals surface area (Å²) in [5.74, 6) is 0.764. The topological polar surface area (TPSA) is 45.9 Å². The van der Waals surface area contributed by atoms with Gasteiger partial charge in [0.1, 0.15) is 0 Å². The monoisotopic (exact) mass is 356 g/mol. The molecule has 0 unspecified atom stereocenters. The summed E-state index contributed by atoms with van der Waals surface area (Å²) in [5, 5.41) is 0. The van der Waals surface area contributed by atoms with Gasteiger partial charge in [0.05, 0.1) is 25.0 Å². The number of rotatable bonds is 3. The molecule has 21 heavy (non-hydrogen) atoms. The van der Waals surface area contributed by atoms with E-state index in [1.165, 1.54) is 0 Å². The molecule has 5 nitrogen and oxygen atoms in total. The van der Waals surface area contributed by atoms with Gasteiger partial charge in [0.15, 0.2) is 4.67 Å². The fraction of sp³-hybridized carbons (Fsp3) is 0.667. The highest BCUT2D eigenvalue weighted by Gasteiger charge is 2.27. The summed E-state index contributed by atoms with van der Waals surface area (Å²) in [6.07, 6.45) is 3.71. The molecule has 0 spiro atoms. The van der Waals surface area contributed by atoms with Gasteiger partial charge in [-0.05, 0) is 40.8 Å². The van der Waals surface area contributed by atoms with E-state index in [2.05, 4.69) is 20.8 Å². The summed E-state index contributed by atoms with van der Waals surface area (Å²) in [7, 11) is 0. The van der Waals surface area contributed by atoms with E-state index in [4.69, 9.17) is 9.15 Å². The maximum atomic E-state index is 12.4. The third kappa shape index (κ3) is 3.67. The lowest BCUT2D eigenvalue weighted by Crippen LogP contribution is -2.44. The molecule has 0 atom stereocenters. The molecule has 1 aromatic heterocycles. The zero-order chi connectivity index (χ0) is 14.7. The molecule has 2 aliphatic heterocycles. The molecule has 0 aliphatic carbocycles. The minimum absolute atomic E-state index is 0.0699. The first-order valence-corrected chi connectivity index (χ1v) is 8.35. The van der Waals surface area contributed by atoms with Gasteiger partial charge in [-0.2, -0.15) is 0 Å². The van der Waals surface area contributed by atoms with Crippen LogP contribution < -0.4 is 0 Å². The third-order valence-corrected chi connectivity index (χ3v) is 4.98. The highest BCUT2D eigenvalue weighted by Crippen LogP contribution is 2.24. The van der Waals surface area contributed by atoms with Gasteiger partial charge in [0.25, 0.3) is 5.91 Å². The first-order chi connectivity index (χ1) is 10.2. The summed E-state index contributed by atoms with van der Waals surface area (Å²) in [6, 6.07) is 1.73. The lowest BCUT2D eigenvalue weighted by Gasteiger charge is -2.36. The van der Waals surface area contributed by atoms with Crippen molar-refractivity contribution in [2.45, 2.75) is 12.8 Å². The Balaban J connectivity index is 1.48. The molecular weight excluding hydrogens is 336 g/mol. The molecule has 0 saturated carbocycles. The predicted molar refractivity (Wildman–Crippen MR) is 82.3 cm³/mol. The van der Waals surface area contributed by atoms with Crippen LogP contribution in [0.3, 0.4) is 0 Å². The highest BCUT2D eigenvalue weighted by molar-refractivity contribution is 9.10. The van der Waals surface area contributed by atoms with Crippen molar-refractivity contribution in [3.05, 3.63) is 22.6 Å². The Hall–Kier alpha value is -0.850. The third-order valence-electron chi connectivity index (χ3n) is 4.37. The van der Waals surface area contributed by atoms with Crippen molar-refractivity contribution >= 4 is 21.8 Å². The van der Waals surface area contributed by atoms with Crippen molar-refractivity contribution in [2.75, 3.05) is 45.9 Å². The average molecular weight is 357 g/mol. The van der Waals surface area contributed by atoms with Crippen LogP contribution in [0.4, 0.5) is 0 Å². The number of nitrogens with zero attached hydrogens (tertiary/aromatic N) is 2. The Morgan fingerprint density at radius 2 is 1.95 bits per heavy atom. The Morgan fingerprint density at radius 1 is 1.24 bits per heavy atom. The summed E-state index contributed by atoms with van der Waals surface area (Å²) >= 11 is 3.28. The number of morpholine rings is 1. The molecule has 0 bridgehead atoms. The smallest absolute Gasteiger partial charge is 0.258 e. The van der Waals surface area contributed by atoms with Gasteiger partial charge in [0, 0.05) is 32.7 Å². The molecule has 6 heteroatoms. The van der Waals surface area contributed by atoms with Crippen LogP contribution >= 0.6 is 15.9 Å². The molecule has 0 N–H and O–H groups in total. The number of carbonyl (C=O) groups is 1. The van der Waals surface area contributed by atoms with E-state index in [-0.39, 0.29) is 5.91 Å². The predicted octanol–water partition coefficient (Wildman–Crippen LogP) is 2.23. The second-order valence-corrected chi connectivity index (χ2v) is 6.48. The average Bonchev–Trinajstić information content (AvgIpc) is 2.94. The fourth-order valence-electron chi connectivity index (χ4n) is 3.08. The number of carbonyl (C=O) groups excluding carboxylic acids is 1. The largest absolute Gasteiger partial charge is 0.457 e. The Bertz CT molecular complexity index is 477. The fourth-order valence-corrected chi connectivity index (χ4v) is 3.49. The molecule has 1 amide bonds. The van der Waals surface area contributed by atoms with Gasteiger partial charge in [-0.1, -0.05) is 0 Å². The maximum Gasteiger partial charge on any atom is 0.258 e. The zero-order valence-corrected chi connectivity index (χ0v) is 13.7. The Labute approximate surface area is 133 Å². The molecule has 0 aromatic carbocycles. The van der Waals surface area contributed by atoms with Crippen LogP contribution in [0.5, 0.6) is 0 Å².